The number of likely N-dealkylation sites (tertiary alicyclic amines) is 1. The van der Waals surface area contributed by atoms with Gasteiger partial charge in [-0.1, -0.05) is 12.8 Å². The van der Waals surface area contributed by atoms with Gasteiger partial charge in [-0.05, 0) is 38.0 Å². The summed E-state index contributed by atoms with van der Waals surface area (Å²) in [6, 6.07) is 2.61. The lowest BCUT2D eigenvalue weighted by Crippen LogP contribution is -2.47. The molecule has 2 heterocycles. The molecule has 2 saturated heterocycles. The van der Waals surface area contributed by atoms with E-state index in [-0.39, 0.29) is 18.0 Å². The summed E-state index contributed by atoms with van der Waals surface area (Å²) in [6.45, 7) is 0.768. The zero-order valence-corrected chi connectivity index (χ0v) is 10.8. The van der Waals surface area contributed by atoms with Crippen molar-refractivity contribution in [2.45, 2.75) is 63.1 Å². The number of carbonyl (C=O) groups excluding carboxylic acids is 1. The molecule has 3 rings (SSSR count). The van der Waals surface area contributed by atoms with Crippen LogP contribution < -0.4 is 5.32 Å². The summed E-state index contributed by atoms with van der Waals surface area (Å²) in [5.74, 6) is 0.865. The van der Waals surface area contributed by atoms with Gasteiger partial charge in [-0.15, -0.1) is 0 Å². The van der Waals surface area contributed by atoms with Gasteiger partial charge in [-0.2, -0.15) is 5.26 Å². The zero-order chi connectivity index (χ0) is 12.5. The molecule has 98 valence electrons. The van der Waals surface area contributed by atoms with E-state index in [2.05, 4.69) is 11.4 Å². The van der Waals surface area contributed by atoms with Crippen LogP contribution in [0.25, 0.3) is 0 Å². The molecule has 4 atom stereocenters. The number of fused-ring (bicyclic) bond motifs is 1. The molecule has 0 aromatic heterocycles. The van der Waals surface area contributed by atoms with Crippen LogP contribution >= 0.6 is 0 Å². The van der Waals surface area contributed by atoms with Crippen molar-refractivity contribution in [3.63, 3.8) is 0 Å². The fraction of sp³-hybridized carbons (Fsp3) is 0.857. The summed E-state index contributed by atoms with van der Waals surface area (Å²) in [6.07, 6.45) is 7.90. The minimum atomic E-state index is -0.179. The molecule has 4 unspecified atom stereocenters. The Balaban J connectivity index is 1.65. The molecule has 0 aromatic rings. The molecule has 1 N–H and O–H groups in total. The van der Waals surface area contributed by atoms with Crippen LogP contribution in [0.4, 0.5) is 0 Å². The van der Waals surface area contributed by atoms with Crippen LogP contribution in [0.5, 0.6) is 0 Å². The molecular weight excluding hydrogens is 226 g/mol. The Labute approximate surface area is 108 Å². The van der Waals surface area contributed by atoms with Crippen molar-refractivity contribution in [3.8, 4) is 6.07 Å². The second-order valence-corrected chi connectivity index (χ2v) is 5.92. The molecule has 0 radical (unpaired) electrons. The first-order valence-electron chi connectivity index (χ1n) is 7.26. The SMILES string of the molecule is N#CC1CCCN1C(=O)C1CC2CCCCC2N1. The average Bonchev–Trinajstić information content (AvgIpc) is 3.03. The molecule has 4 nitrogen and oxygen atoms in total. The highest BCUT2D eigenvalue weighted by Crippen LogP contribution is 2.34. The lowest BCUT2D eigenvalue weighted by atomic mass is 9.85. The molecule has 0 aromatic carbocycles. The van der Waals surface area contributed by atoms with Crippen LogP contribution in [0.3, 0.4) is 0 Å². The molecule has 0 bridgehead atoms. The van der Waals surface area contributed by atoms with Crippen molar-refractivity contribution < 1.29 is 4.79 Å². The van der Waals surface area contributed by atoms with E-state index >= 15 is 0 Å². The first kappa shape index (κ1) is 12.0. The van der Waals surface area contributed by atoms with Crippen molar-refractivity contribution in [1.82, 2.24) is 10.2 Å². The average molecular weight is 247 g/mol. The summed E-state index contributed by atoms with van der Waals surface area (Å²) in [5, 5.41) is 12.6. The molecule has 1 aliphatic carbocycles. The van der Waals surface area contributed by atoms with Gasteiger partial charge in [-0.25, -0.2) is 0 Å². The zero-order valence-electron chi connectivity index (χ0n) is 10.8. The Bertz CT molecular complexity index is 362. The van der Waals surface area contributed by atoms with Gasteiger partial charge in [0.2, 0.25) is 5.91 Å². The molecule has 1 saturated carbocycles. The molecule has 2 aliphatic heterocycles. The van der Waals surface area contributed by atoms with E-state index in [1.54, 1.807) is 4.90 Å². The predicted molar refractivity (Wildman–Crippen MR) is 67.6 cm³/mol. The Morgan fingerprint density at radius 2 is 2.06 bits per heavy atom. The Morgan fingerprint density at radius 3 is 2.83 bits per heavy atom. The largest absolute Gasteiger partial charge is 0.325 e. The fourth-order valence-electron chi connectivity index (χ4n) is 3.88. The first-order chi connectivity index (χ1) is 8.79. The quantitative estimate of drug-likeness (QED) is 0.762. The number of nitrogens with zero attached hydrogens (tertiary/aromatic N) is 2. The van der Waals surface area contributed by atoms with Crippen molar-refractivity contribution in [3.05, 3.63) is 0 Å². The van der Waals surface area contributed by atoms with Crippen LogP contribution in [0, 0.1) is 17.2 Å². The summed E-state index contributed by atoms with van der Waals surface area (Å²) in [5.41, 5.74) is 0. The smallest absolute Gasteiger partial charge is 0.240 e. The Kier molecular flexibility index (Phi) is 3.25. The van der Waals surface area contributed by atoms with Crippen LogP contribution in [0.2, 0.25) is 0 Å². The highest BCUT2D eigenvalue weighted by atomic mass is 16.2. The molecular formula is C14H21N3O. The molecule has 18 heavy (non-hydrogen) atoms. The van der Waals surface area contributed by atoms with Gasteiger partial charge in [0.25, 0.3) is 0 Å². The van der Waals surface area contributed by atoms with Gasteiger partial charge >= 0.3 is 0 Å². The van der Waals surface area contributed by atoms with E-state index in [0.717, 1.165) is 25.8 Å². The minimum Gasteiger partial charge on any atom is -0.325 e. The van der Waals surface area contributed by atoms with Crippen molar-refractivity contribution >= 4 is 5.91 Å². The maximum absolute atomic E-state index is 12.5. The number of amides is 1. The van der Waals surface area contributed by atoms with Crippen LogP contribution in [-0.2, 0) is 4.79 Å². The second-order valence-electron chi connectivity index (χ2n) is 5.92. The molecule has 3 aliphatic rings. The number of hydrogen-bond acceptors (Lipinski definition) is 3. The number of hydrogen-bond donors (Lipinski definition) is 1. The Morgan fingerprint density at radius 1 is 1.22 bits per heavy atom. The van der Waals surface area contributed by atoms with E-state index in [0.29, 0.717) is 12.0 Å². The van der Waals surface area contributed by atoms with E-state index in [4.69, 9.17) is 5.26 Å². The third-order valence-corrected chi connectivity index (χ3v) is 4.85. The monoisotopic (exact) mass is 247 g/mol. The van der Waals surface area contributed by atoms with Gasteiger partial charge in [0.15, 0.2) is 0 Å². The maximum Gasteiger partial charge on any atom is 0.240 e. The predicted octanol–water partition coefficient (Wildman–Crippen LogP) is 1.42. The van der Waals surface area contributed by atoms with Crippen LogP contribution in [0.15, 0.2) is 0 Å². The number of nitrogens with one attached hydrogen (secondary N) is 1. The van der Waals surface area contributed by atoms with Gasteiger partial charge in [0.1, 0.15) is 6.04 Å². The summed E-state index contributed by atoms with van der Waals surface area (Å²) in [7, 11) is 0. The highest BCUT2D eigenvalue weighted by Gasteiger charge is 2.41. The fourth-order valence-corrected chi connectivity index (χ4v) is 3.88. The molecule has 4 heteroatoms. The van der Waals surface area contributed by atoms with E-state index in [1.807, 2.05) is 0 Å². The standard InChI is InChI=1S/C14H21N3O/c15-9-11-5-3-7-17(11)14(18)13-8-10-4-1-2-6-12(10)16-13/h10-13,16H,1-8H2. The maximum atomic E-state index is 12.5. The lowest BCUT2D eigenvalue weighted by Gasteiger charge is -2.24. The normalized spacial score (nSPS) is 39.4. The third-order valence-electron chi connectivity index (χ3n) is 4.85. The van der Waals surface area contributed by atoms with Crippen LogP contribution in [0.1, 0.15) is 44.9 Å². The number of rotatable bonds is 1. The van der Waals surface area contributed by atoms with E-state index in [1.165, 1.54) is 25.7 Å². The van der Waals surface area contributed by atoms with Gasteiger partial charge < -0.3 is 10.2 Å². The van der Waals surface area contributed by atoms with Crippen molar-refractivity contribution in [2.24, 2.45) is 5.92 Å². The topological polar surface area (TPSA) is 56.1 Å². The number of nitriles is 1. The number of carbonyl (C=O) groups is 1. The molecule has 1 amide bonds. The first-order valence-corrected chi connectivity index (χ1v) is 7.26. The third kappa shape index (κ3) is 2.01. The van der Waals surface area contributed by atoms with Gasteiger partial charge in [0, 0.05) is 12.6 Å². The Hall–Kier alpha value is -1.08. The van der Waals surface area contributed by atoms with E-state index in [9.17, 15) is 4.79 Å². The van der Waals surface area contributed by atoms with Crippen LogP contribution in [-0.4, -0.2) is 35.5 Å². The lowest BCUT2D eigenvalue weighted by molar-refractivity contribution is -0.133. The van der Waals surface area contributed by atoms with Gasteiger partial charge in [0.05, 0.1) is 12.1 Å². The molecule has 3 fully saturated rings. The molecule has 0 spiro atoms. The van der Waals surface area contributed by atoms with Crippen molar-refractivity contribution in [2.75, 3.05) is 6.54 Å². The second kappa shape index (κ2) is 4.89. The summed E-state index contributed by atoms with van der Waals surface area (Å²) in [4.78, 5) is 14.3. The van der Waals surface area contributed by atoms with E-state index < -0.39 is 0 Å². The highest BCUT2D eigenvalue weighted by molar-refractivity contribution is 5.83. The van der Waals surface area contributed by atoms with Gasteiger partial charge in [-0.3, -0.25) is 4.79 Å². The van der Waals surface area contributed by atoms with Crippen molar-refractivity contribution in [1.29, 1.82) is 5.26 Å². The summed E-state index contributed by atoms with van der Waals surface area (Å²) >= 11 is 0. The minimum absolute atomic E-state index is 0.0213. The summed E-state index contributed by atoms with van der Waals surface area (Å²) < 4.78 is 0.